The summed E-state index contributed by atoms with van der Waals surface area (Å²) in [5.41, 5.74) is 6.34. The van der Waals surface area contributed by atoms with Gasteiger partial charge in [0.25, 0.3) is 0 Å². The van der Waals surface area contributed by atoms with Gasteiger partial charge in [-0.3, -0.25) is 4.90 Å². The smallest absolute Gasteiger partial charge is 0.151 e. The lowest BCUT2D eigenvalue weighted by atomic mass is 9.94. The Bertz CT molecular complexity index is 316. The Kier molecular flexibility index (Phi) is 3.96. The Hall–Kier alpha value is -0.870. The Balaban J connectivity index is 1.82. The molecule has 0 bridgehead atoms. The molecule has 2 N–H and O–H groups in total. The molecule has 1 aromatic heterocycles. The fourth-order valence-corrected chi connectivity index (χ4v) is 2.30. The molecule has 1 fully saturated rings. The maximum atomic E-state index is 5.50. The van der Waals surface area contributed by atoms with Crippen LogP contribution in [0.4, 0.5) is 0 Å². The number of aromatic nitrogens is 1. The fraction of sp³-hybridized carbons (Fsp3) is 0.750. The molecule has 0 radical (unpaired) electrons. The van der Waals surface area contributed by atoms with Crippen molar-refractivity contribution in [2.75, 3.05) is 13.1 Å². The zero-order valence-electron chi connectivity index (χ0n) is 9.98. The van der Waals surface area contributed by atoms with E-state index in [9.17, 15) is 0 Å². The van der Waals surface area contributed by atoms with Crippen LogP contribution in [0.25, 0.3) is 0 Å². The average molecular weight is 223 g/mol. The van der Waals surface area contributed by atoms with Crippen molar-refractivity contribution in [1.82, 2.24) is 10.1 Å². The van der Waals surface area contributed by atoms with E-state index in [0.29, 0.717) is 6.54 Å². The van der Waals surface area contributed by atoms with E-state index in [4.69, 9.17) is 10.3 Å². The molecule has 4 nitrogen and oxygen atoms in total. The quantitative estimate of drug-likeness (QED) is 0.845. The van der Waals surface area contributed by atoms with Crippen LogP contribution in [0.1, 0.15) is 37.6 Å². The van der Waals surface area contributed by atoms with E-state index in [1.165, 1.54) is 32.4 Å². The SMILES string of the molecule is CCC1CCN(Cc2cc(CN)no2)CC1. The van der Waals surface area contributed by atoms with Crippen LogP contribution < -0.4 is 5.73 Å². The van der Waals surface area contributed by atoms with Crippen molar-refractivity contribution < 1.29 is 4.52 Å². The molecule has 0 spiro atoms. The van der Waals surface area contributed by atoms with Crippen molar-refractivity contribution in [1.29, 1.82) is 0 Å². The molecule has 2 heterocycles. The molecule has 0 atom stereocenters. The summed E-state index contributed by atoms with van der Waals surface area (Å²) in [6.07, 6.45) is 3.94. The Morgan fingerprint density at radius 2 is 2.25 bits per heavy atom. The molecule has 16 heavy (non-hydrogen) atoms. The maximum absolute atomic E-state index is 5.50. The van der Waals surface area contributed by atoms with Crippen LogP contribution in [0.15, 0.2) is 10.6 Å². The summed E-state index contributed by atoms with van der Waals surface area (Å²) in [6, 6.07) is 1.96. The molecule has 4 heteroatoms. The molecule has 1 saturated heterocycles. The highest BCUT2D eigenvalue weighted by Gasteiger charge is 2.18. The Morgan fingerprint density at radius 1 is 1.50 bits per heavy atom. The third kappa shape index (κ3) is 2.83. The van der Waals surface area contributed by atoms with E-state index in [0.717, 1.165) is 23.9 Å². The number of piperidine rings is 1. The summed E-state index contributed by atoms with van der Waals surface area (Å²) in [7, 11) is 0. The molecule has 0 saturated carbocycles. The van der Waals surface area contributed by atoms with Gasteiger partial charge in [-0.2, -0.15) is 0 Å². The largest absolute Gasteiger partial charge is 0.360 e. The topological polar surface area (TPSA) is 55.3 Å². The first-order valence-corrected chi connectivity index (χ1v) is 6.18. The Labute approximate surface area is 96.8 Å². The molecule has 0 aromatic carbocycles. The molecule has 0 unspecified atom stereocenters. The van der Waals surface area contributed by atoms with Crippen LogP contribution >= 0.6 is 0 Å². The zero-order valence-corrected chi connectivity index (χ0v) is 9.98. The molecular weight excluding hydrogens is 202 g/mol. The minimum atomic E-state index is 0.460. The molecule has 1 aliphatic rings. The average Bonchev–Trinajstić information content (AvgIpc) is 2.78. The summed E-state index contributed by atoms with van der Waals surface area (Å²) in [4.78, 5) is 2.44. The van der Waals surface area contributed by atoms with Gasteiger partial charge in [0.1, 0.15) is 0 Å². The monoisotopic (exact) mass is 223 g/mol. The van der Waals surface area contributed by atoms with Crippen molar-refractivity contribution in [3.63, 3.8) is 0 Å². The number of nitrogens with two attached hydrogens (primary N) is 1. The van der Waals surface area contributed by atoms with Crippen molar-refractivity contribution in [2.24, 2.45) is 11.7 Å². The van der Waals surface area contributed by atoms with Crippen molar-refractivity contribution >= 4 is 0 Å². The third-order valence-electron chi connectivity index (χ3n) is 3.48. The lowest BCUT2D eigenvalue weighted by molar-refractivity contribution is 0.159. The second-order valence-corrected chi connectivity index (χ2v) is 4.62. The van der Waals surface area contributed by atoms with Gasteiger partial charge in [-0.15, -0.1) is 0 Å². The third-order valence-corrected chi connectivity index (χ3v) is 3.48. The summed E-state index contributed by atoms with van der Waals surface area (Å²) < 4.78 is 5.24. The summed E-state index contributed by atoms with van der Waals surface area (Å²) >= 11 is 0. The van der Waals surface area contributed by atoms with Crippen LogP contribution in [0.3, 0.4) is 0 Å². The van der Waals surface area contributed by atoms with Gasteiger partial charge < -0.3 is 10.3 Å². The van der Waals surface area contributed by atoms with Crippen molar-refractivity contribution in [3.05, 3.63) is 17.5 Å². The first kappa shape index (κ1) is 11.6. The second-order valence-electron chi connectivity index (χ2n) is 4.62. The molecule has 0 amide bonds. The van der Waals surface area contributed by atoms with E-state index < -0.39 is 0 Å². The van der Waals surface area contributed by atoms with E-state index in [2.05, 4.69) is 17.0 Å². The molecule has 90 valence electrons. The van der Waals surface area contributed by atoms with Crippen LogP contribution in [-0.4, -0.2) is 23.1 Å². The lowest BCUT2D eigenvalue weighted by Gasteiger charge is -2.30. The van der Waals surface area contributed by atoms with Crippen molar-refractivity contribution in [3.8, 4) is 0 Å². The normalized spacial score (nSPS) is 19.1. The minimum absolute atomic E-state index is 0.460. The van der Waals surface area contributed by atoms with Gasteiger partial charge in [0, 0.05) is 12.6 Å². The highest BCUT2D eigenvalue weighted by atomic mass is 16.5. The predicted octanol–water partition coefficient (Wildman–Crippen LogP) is 1.76. The lowest BCUT2D eigenvalue weighted by Crippen LogP contribution is -2.32. The second kappa shape index (κ2) is 5.46. The number of likely N-dealkylation sites (tertiary alicyclic amines) is 1. The van der Waals surface area contributed by atoms with Crippen LogP contribution in [0.5, 0.6) is 0 Å². The van der Waals surface area contributed by atoms with Crippen LogP contribution in [0.2, 0.25) is 0 Å². The number of rotatable bonds is 4. The number of hydrogen-bond donors (Lipinski definition) is 1. The van der Waals surface area contributed by atoms with Gasteiger partial charge in [-0.1, -0.05) is 18.5 Å². The highest BCUT2D eigenvalue weighted by Crippen LogP contribution is 2.21. The van der Waals surface area contributed by atoms with Gasteiger partial charge in [0.05, 0.1) is 12.2 Å². The highest BCUT2D eigenvalue weighted by molar-refractivity contribution is 5.04. The zero-order chi connectivity index (χ0) is 11.4. The first-order valence-electron chi connectivity index (χ1n) is 6.18. The minimum Gasteiger partial charge on any atom is -0.360 e. The van der Waals surface area contributed by atoms with E-state index in [1.807, 2.05) is 6.07 Å². The molecule has 1 aromatic rings. The van der Waals surface area contributed by atoms with E-state index in [-0.39, 0.29) is 0 Å². The molecule has 0 aliphatic carbocycles. The standard InChI is InChI=1S/C12H21N3O/c1-2-10-3-5-15(6-4-10)9-12-7-11(8-13)14-16-12/h7,10H,2-6,8-9,13H2,1H3. The number of nitrogens with zero attached hydrogens (tertiary/aromatic N) is 2. The molecule has 2 rings (SSSR count). The Morgan fingerprint density at radius 3 is 2.81 bits per heavy atom. The number of hydrogen-bond acceptors (Lipinski definition) is 4. The fourth-order valence-electron chi connectivity index (χ4n) is 2.30. The van der Waals surface area contributed by atoms with Crippen molar-refractivity contribution in [2.45, 2.75) is 39.3 Å². The van der Waals surface area contributed by atoms with Gasteiger partial charge in [-0.25, -0.2) is 0 Å². The van der Waals surface area contributed by atoms with E-state index >= 15 is 0 Å². The summed E-state index contributed by atoms with van der Waals surface area (Å²) in [5, 5.41) is 3.90. The first-order chi connectivity index (χ1) is 7.81. The molecule has 1 aliphatic heterocycles. The van der Waals surface area contributed by atoms with Gasteiger partial charge in [0.15, 0.2) is 5.76 Å². The van der Waals surface area contributed by atoms with E-state index in [1.54, 1.807) is 0 Å². The van der Waals surface area contributed by atoms with Crippen LogP contribution in [-0.2, 0) is 13.1 Å². The van der Waals surface area contributed by atoms with Gasteiger partial charge >= 0.3 is 0 Å². The summed E-state index contributed by atoms with van der Waals surface area (Å²) in [6.45, 7) is 5.98. The van der Waals surface area contributed by atoms with Crippen LogP contribution in [0, 0.1) is 5.92 Å². The van der Waals surface area contributed by atoms with Gasteiger partial charge in [-0.05, 0) is 31.8 Å². The predicted molar refractivity (Wildman–Crippen MR) is 62.7 cm³/mol. The van der Waals surface area contributed by atoms with Gasteiger partial charge in [0.2, 0.25) is 0 Å². The summed E-state index contributed by atoms with van der Waals surface area (Å²) in [5.74, 6) is 1.86. The molecular formula is C12H21N3O. The maximum Gasteiger partial charge on any atom is 0.151 e.